The van der Waals surface area contributed by atoms with Crippen LogP contribution < -0.4 is 0 Å². The van der Waals surface area contributed by atoms with Crippen LogP contribution in [0.3, 0.4) is 0 Å². The van der Waals surface area contributed by atoms with Crippen molar-refractivity contribution in [2.45, 2.75) is 13.3 Å². The van der Waals surface area contributed by atoms with Crippen LogP contribution in [0.2, 0.25) is 0 Å². The number of halogens is 2. The standard InChI is InChI=1S/C15H12BrFO/c1-10-4-2-3-5-11(10)8-15(18)13-7-6-12(16)9-14(13)17/h2-7,9H,8H2,1H3. The van der Waals surface area contributed by atoms with Gasteiger partial charge in [0.1, 0.15) is 5.82 Å². The average molecular weight is 307 g/mol. The Morgan fingerprint density at radius 1 is 1.22 bits per heavy atom. The minimum atomic E-state index is -0.483. The van der Waals surface area contributed by atoms with Crippen molar-refractivity contribution in [1.82, 2.24) is 0 Å². The van der Waals surface area contributed by atoms with Gasteiger partial charge in [0.05, 0.1) is 5.56 Å². The summed E-state index contributed by atoms with van der Waals surface area (Å²) in [5.74, 6) is -0.683. The Balaban J connectivity index is 2.25. The Kier molecular flexibility index (Phi) is 3.92. The van der Waals surface area contributed by atoms with E-state index in [1.807, 2.05) is 31.2 Å². The summed E-state index contributed by atoms with van der Waals surface area (Å²) in [5, 5.41) is 0. The molecule has 0 N–H and O–H groups in total. The molecule has 0 bridgehead atoms. The summed E-state index contributed by atoms with van der Waals surface area (Å²) in [4.78, 5) is 12.0. The van der Waals surface area contributed by atoms with Gasteiger partial charge in [-0.05, 0) is 36.2 Å². The molecule has 0 amide bonds. The lowest BCUT2D eigenvalue weighted by atomic mass is 9.99. The van der Waals surface area contributed by atoms with E-state index in [1.165, 1.54) is 12.1 Å². The molecule has 0 aliphatic carbocycles. The zero-order chi connectivity index (χ0) is 13.1. The van der Waals surface area contributed by atoms with E-state index in [1.54, 1.807) is 6.07 Å². The van der Waals surface area contributed by atoms with E-state index in [0.29, 0.717) is 4.47 Å². The fourth-order valence-corrected chi connectivity index (χ4v) is 2.13. The van der Waals surface area contributed by atoms with Crippen molar-refractivity contribution in [2.75, 3.05) is 0 Å². The first kappa shape index (κ1) is 13.0. The largest absolute Gasteiger partial charge is 0.294 e. The molecule has 0 saturated heterocycles. The molecule has 0 radical (unpaired) electrons. The molecular formula is C15H12BrFO. The number of aryl methyl sites for hydroxylation is 1. The maximum atomic E-state index is 13.7. The van der Waals surface area contributed by atoms with Gasteiger partial charge >= 0.3 is 0 Å². The lowest BCUT2D eigenvalue weighted by Gasteiger charge is -2.06. The predicted octanol–water partition coefficient (Wildman–Crippen LogP) is 4.32. The molecule has 0 aliphatic heterocycles. The molecule has 92 valence electrons. The van der Waals surface area contributed by atoms with Gasteiger partial charge in [-0.25, -0.2) is 4.39 Å². The number of hydrogen-bond acceptors (Lipinski definition) is 1. The van der Waals surface area contributed by atoms with Gasteiger partial charge in [-0.2, -0.15) is 0 Å². The van der Waals surface area contributed by atoms with Crippen molar-refractivity contribution in [1.29, 1.82) is 0 Å². The van der Waals surface area contributed by atoms with Crippen molar-refractivity contribution >= 4 is 21.7 Å². The van der Waals surface area contributed by atoms with Crippen LogP contribution in [0, 0.1) is 12.7 Å². The molecular weight excluding hydrogens is 295 g/mol. The fraction of sp³-hybridized carbons (Fsp3) is 0.133. The molecule has 18 heavy (non-hydrogen) atoms. The van der Waals surface area contributed by atoms with Crippen molar-refractivity contribution in [3.8, 4) is 0 Å². The number of benzene rings is 2. The smallest absolute Gasteiger partial charge is 0.170 e. The molecule has 2 rings (SSSR count). The van der Waals surface area contributed by atoms with Gasteiger partial charge in [-0.3, -0.25) is 4.79 Å². The highest BCUT2D eigenvalue weighted by molar-refractivity contribution is 9.10. The molecule has 3 heteroatoms. The third-order valence-corrected chi connectivity index (χ3v) is 3.34. The van der Waals surface area contributed by atoms with E-state index < -0.39 is 5.82 Å². The molecule has 1 nitrogen and oxygen atoms in total. The quantitative estimate of drug-likeness (QED) is 0.772. The molecule has 0 aromatic heterocycles. The molecule has 0 atom stereocenters. The van der Waals surface area contributed by atoms with Crippen LogP contribution in [0.1, 0.15) is 21.5 Å². The summed E-state index contributed by atoms with van der Waals surface area (Å²) in [7, 11) is 0. The maximum absolute atomic E-state index is 13.7. The van der Waals surface area contributed by atoms with Crippen LogP contribution in [-0.4, -0.2) is 5.78 Å². The van der Waals surface area contributed by atoms with E-state index in [0.717, 1.165) is 11.1 Å². The second-order valence-corrected chi connectivity index (χ2v) is 5.07. The van der Waals surface area contributed by atoms with E-state index in [4.69, 9.17) is 0 Å². The Hall–Kier alpha value is -1.48. The first-order chi connectivity index (χ1) is 8.58. The SMILES string of the molecule is Cc1ccccc1CC(=O)c1ccc(Br)cc1F. The monoisotopic (exact) mass is 306 g/mol. The summed E-state index contributed by atoms with van der Waals surface area (Å²) in [6, 6.07) is 12.1. The van der Waals surface area contributed by atoms with E-state index in [-0.39, 0.29) is 17.8 Å². The van der Waals surface area contributed by atoms with E-state index >= 15 is 0 Å². The number of hydrogen-bond donors (Lipinski definition) is 0. The summed E-state index contributed by atoms with van der Waals surface area (Å²) >= 11 is 3.17. The van der Waals surface area contributed by atoms with Crippen LogP contribution in [0.15, 0.2) is 46.9 Å². The summed E-state index contributed by atoms with van der Waals surface area (Å²) in [6.07, 6.45) is 0.227. The second-order valence-electron chi connectivity index (χ2n) is 4.15. The third-order valence-electron chi connectivity index (χ3n) is 2.84. The minimum Gasteiger partial charge on any atom is -0.294 e. The maximum Gasteiger partial charge on any atom is 0.170 e. The van der Waals surface area contributed by atoms with Gasteiger partial charge in [-0.1, -0.05) is 40.2 Å². The molecule has 0 aliphatic rings. The zero-order valence-electron chi connectivity index (χ0n) is 9.91. The highest BCUT2D eigenvalue weighted by atomic mass is 79.9. The van der Waals surface area contributed by atoms with Crippen molar-refractivity contribution < 1.29 is 9.18 Å². The second kappa shape index (κ2) is 5.44. The minimum absolute atomic E-state index is 0.140. The number of Topliss-reactive ketones (excluding diaryl/α,β-unsaturated/α-hetero) is 1. The third kappa shape index (κ3) is 2.85. The van der Waals surface area contributed by atoms with E-state index in [2.05, 4.69) is 15.9 Å². The molecule has 0 fully saturated rings. The highest BCUT2D eigenvalue weighted by Gasteiger charge is 2.13. The van der Waals surface area contributed by atoms with Gasteiger partial charge in [0.25, 0.3) is 0 Å². The molecule has 0 unspecified atom stereocenters. The molecule has 0 spiro atoms. The number of carbonyl (C=O) groups is 1. The van der Waals surface area contributed by atoms with Gasteiger partial charge in [0, 0.05) is 10.9 Å². The molecule has 2 aromatic carbocycles. The first-order valence-electron chi connectivity index (χ1n) is 5.60. The van der Waals surface area contributed by atoms with Gasteiger partial charge < -0.3 is 0 Å². The summed E-state index contributed by atoms with van der Waals surface area (Å²) in [6.45, 7) is 1.94. The molecule has 0 heterocycles. The lowest BCUT2D eigenvalue weighted by molar-refractivity contribution is 0.0989. The molecule has 0 saturated carbocycles. The number of carbonyl (C=O) groups excluding carboxylic acids is 1. The average Bonchev–Trinajstić information content (AvgIpc) is 2.32. The Bertz CT molecular complexity index is 593. The van der Waals surface area contributed by atoms with Gasteiger partial charge in [0.2, 0.25) is 0 Å². The van der Waals surface area contributed by atoms with Crippen molar-refractivity contribution in [3.63, 3.8) is 0 Å². The van der Waals surface area contributed by atoms with Crippen molar-refractivity contribution in [3.05, 3.63) is 69.4 Å². The fourth-order valence-electron chi connectivity index (χ4n) is 1.79. The lowest BCUT2D eigenvalue weighted by Crippen LogP contribution is -2.07. The topological polar surface area (TPSA) is 17.1 Å². The van der Waals surface area contributed by atoms with Crippen LogP contribution in [-0.2, 0) is 6.42 Å². The first-order valence-corrected chi connectivity index (χ1v) is 6.40. The predicted molar refractivity (Wildman–Crippen MR) is 73.3 cm³/mol. The normalized spacial score (nSPS) is 10.4. The summed E-state index contributed by atoms with van der Waals surface area (Å²) in [5.41, 5.74) is 2.12. The van der Waals surface area contributed by atoms with E-state index in [9.17, 15) is 9.18 Å². The van der Waals surface area contributed by atoms with Crippen LogP contribution in [0.25, 0.3) is 0 Å². The van der Waals surface area contributed by atoms with Crippen LogP contribution in [0.5, 0.6) is 0 Å². The van der Waals surface area contributed by atoms with Crippen LogP contribution >= 0.6 is 15.9 Å². The van der Waals surface area contributed by atoms with Crippen LogP contribution in [0.4, 0.5) is 4.39 Å². The Morgan fingerprint density at radius 3 is 2.61 bits per heavy atom. The highest BCUT2D eigenvalue weighted by Crippen LogP contribution is 2.18. The molecule has 2 aromatic rings. The summed E-state index contributed by atoms with van der Waals surface area (Å²) < 4.78 is 14.3. The Morgan fingerprint density at radius 2 is 1.94 bits per heavy atom. The zero-order valence-corrected chi connectivity index (χ0v) is 11.5. The van der Waals surface area contributed by atoms with Gasteiger partial charge in [0.15, 0.2) is 5.78 Å². The Labute approximate surface area is 114 Å². The van der Waals surface area contributed by atoms with Gasteiger partial charge in [-0.15, -0.1) is 0 Å². The van der Waals surface area contributed by atoms with Crippen molar-refractivity contribution in [2.24, 2.45) is 0 Å². The number of rotatable bonds is 3. The number of ketones is 1.